The quantitative estimate of drug-likeness (QED) is 0.906. The molecular formula is C17H20ClNO3. The van der Waals surface area contributed by atoms with E-state index in [0.717, 1.165) is 22.1 Å². The van der Waals surface area contributed by atoms with Crippen molar-refractivity contribution in [1.29, 1.82) is 0 Å². The largest absolute Gasteiger partial charge is 0.496 e. The van der Waals surface area contributed by atoms with Crippen molar-refractivity contribution in [3.05, 3.63) is 42.0 Å². The molecule has 1 N–H and O–H groups in total. The SMILES string of the molecule is COc1ccc([C@H]2NC(=O)OCC2(C)C)c2ccccc12.Cl. The number of carbonyl (C=O) groups excluding carboxylic acids is 1. The molecule has 1 saturated heterocycles. The van der Waals surface area contributed by atoms with E-state index in [1.807, 2.05) is 30.3 Å². The molecule has 0 unspecified atom stereocenters. The molecule has 0 bridgehead atoms. The van der Waals surface area contributed by atoms with E-state index < -0.39 is 0 Å². The fourth-order valence-corrected chi connectivity index (χ4v) is 2.91. The Balaban J connectivity index is 0.00000176. The molecule has 0 saturated carbocycles. The predicted octanol–water partition coefficient (Wildman–Crippen LogP) is 4.08. The lowest BCUT2D eigenvalue weighted by Gasteiger charge is -2.39. The minimum Gasteiger partial charge on any atom is -0.496 e. The van der Waals surface area contributed by atoms with Crippen LogP contribution in [0.1, 0.15) is 25.5 Å². The van der Waals surface area contributed by atoms with Gasteiger partial charge < -0.3 is 14.8 Å². The van der Waals surface area contributed by atoms with Crippen molar-refractivity contribution in [3.63, 3.8) is 0 Å². The van der Waals surface area contributed by atoms with E-state index >= 15 is 0 Å². The standard InChI is InChI=1S/C17H19NO3.ClH/c1-17(2)10-21-16(19)18-15(17)13-8-9-14(20-3)12-7-5-4-6-11(12)13;/h4-9,15H,10H2,1-3H3,(H,18,19);1H/t15-;/m1./s1. The Morgan fingerprint density at radius 3 is 2.55 bits per heavy atom. The van der Waals surface area contributed by atoms with E-state index in [-0.39, 0.29) is 30.0 Å². The second-order valence-corrected chi connectivity index (χ2v) is 6.04. The van der Waals surface area contributed by atoms with Gasteiger partial charge in [0.25, 0.3) is 0 Å². The summed E-state index contributed by atoms with van der Waals surface area (Å²) in [5.41, 5.74) is 0.915. The highest BCUT2D eigenvalue weighted by Gasteiger charge is 2.38. The number of benzene rings is 2. The average molecular weight is 322 g/mol. The van der Waals surface area contributed by atoms with Gasteiger partial charge in [0.2, 0.25) is 0 Å². The van der Waals surface area contributed by atoms with Gasteiger partial charge in [-0.25, -0.2) is 4.79 Å². The van der Waals surface area contributed by atoms with Gasteiger partial charge in [-0.15, -0.1) is 12.4 Å². The maximum atomic E-state index is 11.6. The Bertz CT molecular complexity index is 699. The molecular weight excluding hydrogens is 302 g/mol. The normalized spacial score (nSPS) is 19.8. The number of fused-ring (bicyclic) bond motifs is 1. The molecule has 0 aliphatic carbocycles. The lowest BCUT2D eigenvalue weighted by molar-refractivity contribution is 0.0391. The van der Waals surface area contributed by atoms with Crippen molar-refractivity contribution in [1.82, 2.24) is 5.32 Å². The number of rotatable bonds is 2. The highest BCUT2D eigenvalue weighted by molar-refractivity contribution is 5.92. The van der Waals surface area contributed by atoms with Gasteiger partial charge >= 0.3 is 6.09 Å². The van der Waals surface area contributed by atoms with Gasteiger partial charge in [0.05, 0.1) is 13.2 Å². The summed E-state index contributed by atoms with van der Waals surface area (Å²) >= 11 is 0. The number of hydrogen-bond acceptors (Lipinski definition) is 3. The molecule has 1 heterocycles. The smallest absolute Gasteiger partial charge is 0.407 e. The van der Waals surface area contributed by atoms with Gasteiger partial charge in [-0.3, -0.25) is 0 Å². The van der Waals surface area contributed by atoms with Crippen LogP contribution in [0.15, 0.2) is 36.4 Å². The zero-order valence-electron chi connectivity index (χ0n) is 12.9. The highest BCUT2D eigenvalue weighted by Crippen LogP contribution is 2.41. The van der Waals surface area contributed by atoms with Crippen molar-refractivity contribution in [2.45, 2.75) is 19.9 Å². The highest BCUT2D eigenvalue weighted by atomic mass is 35.5. The molecule has 1 amide bonds. The third-order valence-electron chi connectivity index (χ3n) is 4.07. The van der Waals surface area contributed by atoms with Crippen molar-refractivity contribution in [2.75, 3.05) is 13.7 Å². The number of carbonyl (C=O) groups is 1. The van der Waals surface area contributed by atoms with Crippen LogP contribution in [0.2, 0.25) is 0 Å². The van der Waals surface area contributed by atoms with Crippen LogP contribution in [0.5, 0.6) is 5.75 Å². The van der Waals surface area contributed by atoms with Crippen LogP contribution in [0.25, 0.3) is 10.8 Å². The first-order chi connectivity index (χ1) is 10.0. The number of amides is 1. The summed E-state index contributed by atoms with van der Waals surface area (Å²) in [4.78, 5) is 11.6. The second kappa shape index (κ2) is 6.05. The molecule has 2 aromatic rings. The molecule has 0 aromatic heterocycles. The van der Waals surface area contributed by atoms with Crippen molar-refractivity contribution in [2.24, 2.45) is 5.41 Å². The molecule has 0 radical (unpaired) electrons. The van der Waals surface area contributed by atoms with Gasteiger partial charge in [-0.2, -0.15) is 0 Å². The molecule has 1 atom stereocenters. The van der Waals surface area contributed by atoms with Gasteiger partial charge in [-0.05, 0) is 17.0 Å². The van der Waals surface area contributed by atoms with E-state index in [1.165, 1.54) is 0 Å². The van der Waals surface area contributed by atoms with E-state index in [2.05, 4.69) is 25.2 Å². The van der Waals surface area contributed by atoms with E-state index in [9.17, 15) is 4.79 Å². The van der Waals surface area contributed by atoms with Crippen LogP contribution < -0.4 is 10.1 Å². The number of alkyl carbamates (subject to hydrolysis) is 1. The van der Waals surface area contributed by atoms with E-state index in [0.29, 0.717) is 6.61 Å². The van der Waals surface area contributed by atoms with Crippen LogP contribution >= 0.6 is 12.4 Å². The van der Waals surface area contributed by atoms with E-state index in [4.69, 9.17) is 9.47 Å². The maximum absolute atomic E-state index is 11.6. The molecule has 22 heavy (non-hydrogen) atoms. The fraction of sp³-hybridized carbons (Fsp3) is 0.353. The number of hydrogen-bond donors (Lipinski definition) is 1. The Morgan fingerprint density at radius 2 is 1.86 bits per heavy atom. The molecule has 118 valence electrons. The summed E-state index contributed by atoms with van der Waals surface area (Å²) in [5.74, 6) is 0.838. The predicted molar refractivity (Wildman–Crippen MR) is 88.8 cm³/mol. The first kappa shape index (κ1) is 16.4. The fourth-order valence-electron chi connectivity index (χ4n) is 2.91. The molecule has 2 aromatic carbocycles. The van der Waals surface area contributed by atoms with Gasteiger partial charge in [0, 0.05) is 10.8 Å². The molecule has 0 spiro atoms. The summed E-state index contributed by atoms with van der Waals surface area (Å²) in [7, 11) is 1.67. The third-order valence-corrected chi connectivity index (χ3v) is 4.07. The monoisotopic (exact) mass is 321 g/mol. The lowest BCUT2D eigenvalue weighted by atomic mass is 9.79. The molecule has 1 aliphatic heterocycles. The van der Waals surface area contributed by atoms with Crippen molar-refractivity contribution in [3.8, 4) is 5.75 Å². The van der Waals surface area contributed by atoms with Crippen LogP contribution in [0.3, 0.4) is 0 Å². The topological polar surface area (TPSA) is 47.6 Å². The van der Waals surface area contributed by atoms with Crippen molar-refractivity contribution >= 4 is 29.3 Å². The first-order valence-electron chi connectivity index (χ1n) is 7.02. The molecule has 4 nitrogen and oxygen atoms in total. The van der Waals surface area contributed by atoms with Crippen LogP contribution in [0, 0.1) is 5.41 Å². The lowest BCUT2D eigenvalue weighted by Crippen LogP contribution is -2.47. The maximum Gasteiger partial charge on any atom is 0.407 e. The minimum absolute atomic E-state index is 0. The van der Waals surface area contributed by atoms with E-state index in [1.54, 1.807) is 7.11 Å². The second-order valence-electron chi connectivity index (χ2n) is 6.04. The minimum atomic E-state index is -0.362. The number of cyclic esters (lactones) is 1. The zero-order valence-corrected chi connectivity index (χ0v) is 13.7. The Hall–Kier alpha value is -1.94. The summed E-state index contributed by atoms with van der Waals surface area (Å²) in [6.45, 7) is 4.59. The molecule has 5 heteroatoms. The Kier molecular flexibility index (Phi) is 4.52. The summed E-state index contributed by atoms with van der Waals surface area (Å²) in [6.07, 6.45) is -0.362. The van der Waals surface area contributed by atoms with Crippen LogP contribution in [0.4, 0.5) is 4.79 Å². The summed E-state index contributed by atoms with van der Waals surface area (Å²) < 4.78 is 10.6. The third kappa shape index (κ3) is 2.71. The Morgan fingerprint density at radius 1 is 1.18 bits per heavy atom. The average Bonchev–Trinajstić information content (AvgIpc) is 2.49. The molecule has 1 aliphatic rings. The number of halogens is 1. The summed E-state index contributed by atoms with van der Waals surface area (Å²) in [5, 5.41) is 5.10. The van der Waals surface area contributed by atoms with Gasteiger partial charge in [0.1, 0.15) is 12.4 Å². The number of ether oxygens (including phenoxy) is 2. The van der Waals surface area contributed by atoms with Crippen LogP contribution in [-0.4, -0.2) is 19.8 Å². The van der Waals surface area contributed by atoms with Gasteiger partial charge in [0.15, 0.2) is 0 Å². The molecule has 1 fully saturated rings. The molecule has 3 rings (SSSR count). The van der Waals surface area contributed by atoms with Gasteiger partial charge in [-0.1, -0.05) is 44.2 Å². The summed E-state index contributed by atoms with van der Waals surface area (Å²) in [6, 6.07) is 12.0. The van der Waals surface area contributed by atoms with Crippen LogP contribution in [-0.2, 0) is 4.74 Å². The number of nitrogens with one attached hydrogen (secondary N) is 1. The first-order valence-corrected chi connectivity index (χ1v) is 7.02. The Labute approximate surface area is 136 Å². The zero-order chi connectivity index (χ0) is 15.0. The number of methoxy groups -OCH3 is 1. The van der Waals surface area contributed by atoms with Crippen molar-refractivity contribution < 1.29 is 14.3 Å².